The molecule has 0 aliphatic carbocycles. The van der Waals surface area contributed by atoms with Gasteiger partial charge in [0.2, 0.25) is 11.9 Å². The van der Waals surface area contributed by atoms with Gasteiger partial charge in [-0.2, -0.15) is 0 Å². The number of aliphatic imine (C=N–C) groups is 2. The highest BCUT2D eigenvalue weighted by atomic mass is 16.2. The fourth-order valence-corrected chi connectivity index (χ4v) is 3.21. The smallest absolute Gasteiger partial charge is 0.223 e. The molecule has 1 atom stereocenters. The number of hydrogen-bond acceptors (Lipinski definition) is 4. The second-order valence-electron chi connectivity index (χ2n) is 6.56. The minimum atomic E-state index is -0.190. The minimum Gasteiger partial charge on any atom is -0.349 e. The van der Waals surface area contributed by atoms with Crippen LogP contribution in [0.25, 0.3) is 0 Å². The molecule has 1 saturated heterocycles. The molecule has 0 aromatic heterocycles. The highest BCUT2D eigenvalue weighted by Crippen LogP contribution is 2.21. The van der Waals surface area contributed by atoms with Crippen molar-refractivity contribution in [2.24, 2.45) is 15.9 Å². The molecule has 1 aliphatic heterocycles. The number of aldehydes is 1. The van der Waals surface area contributed by atoms with Gasteiger partial charge >= 0.3 is 0 Å². The van der Waals surface area contributed by atoms with Crippen LogP contribution in [0.3, 0.4) is 0 Å². The molecule has 0 spiro atoms. The van der Waals surface area contributed by atoms with Crippen molar-refractivity contribution in [3.05, 3.63) is 48.6 Å². The van der Waals surface area contributed by atoms with Gasteiger partial charge in [0.25, 0.3) is 0 Å². The molecule has 1 unspecified atom stereocenters. The largest absolute Gasteiger partial charge is 0.349 e. The number of nitrogens with zero attached hydrogens (tertiary/aromatic N) is 3. The molecule has 2 rings (SSSR count). The Morgan fingerprint density at radius 2 is 1.93 bits per heavy atom. The first kappa shape index (κ1) is 24.9. The second kappa shape index (κ2) is 14.0. The van der Waals surface area contributed by atoms with Crippen molar-refractivity contribution in [3.63, 3.8) is 0 Å². The van der Waals surface area contributed by atoms with Crippen molar-refractivity contribution in [1.82, 2.24) is 10.2 Å². The average Bonchev–Trinajstić information content (AvgIpc) is 2.81. The number of carbonyl (C=O) groups excluding carboxylic acids is 2. The first-order chi connectivity index (χ1) is 14.6. The van der Waals surface area contributed by atoms with E-state index < -0.39 is 0 Å². The summed E-state index contributed by atoms with van der Waals surface area (Å²) in [6.45, 7) is 8.84. The van der Waals surface area contributed by atoms with Gasteiger partial charge in [-0.25, -0.2) is 4.99 Å². The monoisotopic (exact) mass is 411 g/mol. The third-order valence-electron chi connectivity index (χ3n) is 4.78. The standard InChI is InChI=1S/C21H27N5O2.C2H6/c1-3-18(15-27)24-21(23-2)26-13-10-17(11-14-26)20(28)25-19(9-12-22)16-7-5-4-6-8-16;1-2/h3-8,12,15,17,19,22H,1,9-11,13-14H2,2H3,(H,25,28);1-2H3/b22-12?,23-21?,24-18+;. The summed E-state index contributed by atoms with van der Waals surface area (Å²) >= 11 is 0. The van der Waals surface area contributed by atoms with Crippen LogP contribution in [0.2, 0.25) is 0 Å². The summed E-state index contributed by atoms with van der Waals surface area (Å²) in [7, 11) is 1.63. The van der Waals surface area contributed by atoms with Gasteiger partial charge in [0.1, 0.15) is 5.71 Å². The zero-order valence-electron chi connectivity index (χ0n) is 18.2. The lowest BCUT2D eigenvalue weighted by Crippen LogP contribution is -2.43. The van der Waals surface area contributed by atoms with E-state index in [0.29, 0.717) is 44.6 Å². The Balaban J connectivity index is 0.00000218. The van der Waals surface area contributed by atoms with Crippen LogP contribution >= 0.6 is 0 Å². The molecule has 1 aromatic rings. The molecule has 1 fully saturated rings. The first-order valence-corrected chi connectivity index (χ1v) is 10.3. The highest BCUT2D eigenvalue weighted by Gasteiger charge is 2.28. The molecule has 7 heteroatoms. The van der Waals surface area contributed by atoms with Gasteiger partial charge in [-0.15, -0.1) is 0 Å². The lowest BCUT2D eigenvalue weighted by Gasteiger charge is -2.32. The maximum atomic E-state index is 12.8. The number of carbonyl (C=O) groups is 2. The van der Waals surface area contributed by atoms with E-state index in [-0.39, 0.29) is 23.6 Å². The van der Waals surface area contributed by atoms with E-state index in [0.717, 1.165) is 5.56 Å². The molecule has 1 heterocycles. The topological polar surface area (TPSA) is 98.0 Å². The van der Waals surface area contributed by atoms with Crippen LogP contribution in [0.5, 0.6) is 0 Å². The number of nitrogens with one attached hydrogen (secondary N) is 2. The molecule has 7 nitrogen and oxygen atoms in total. The van der Waals surface area contributed by atoms with Gasteiger partial charge in [0, 0.05) is 32.5 Å². The first-order valence-electron chi connectivity index (χ1n) is 10.3. The van der Waals surface area contributed by atoms with Crippen LogP contribution in [-0.4, -0.2) is 55.1 Å². The second-order valence-corrected chi connectivity index (χ2v) is 6.56. The van der Waals surface area contributed by atoms with E-state index in [4.69, 9.17) is 5.41 Å². The van der Waals surface area contributed by atoms with Crippen LogP contribution in [0.15, 0.2) is 53.0 Å². The summed E-state index contributed by atoms with van der Waals surface area (Å²) < 4.78 is 0. The van der Waals surface area contributed by atoms with Crippen LogP contribution in [0.1, 0.15) is 44.7 Å². The molecular weight excluding hydrogens is 378 g/mol. The number of amides is 1. The summed E-state index contributed by atoms with van der Waals surface area (Å²) in [5.41, 5.74) is 1.23. The van der Waals surface area contributed by atoms with Crippen LogP contribution in [-0.2, 0) is 9.59 Å². The van der Waals surface area contributed by atoms with E-state index in [2.05, 4.69) is 21.9 Å². The van der Waals surface area contributed by atoms with Crippen molar-refractivity contribution in [2.75, 3.05) is 20.1 Å². The molecule has 30 heavy (non-hydrogen) atoms. The zero-order valence-corrected chi connectivity index (χ0v) is 18.2. The molecule has 0 bridgehead atoms. The number of piperidine rings is 1. The Kier molecular flexibility index (Phi) is 11.6. The van der Waals surface area contributed by atoms with Crippen molar-refractivity contribution < 1.29 is 9.59 Å². The average molecular weight is 412 g/mol. The Morgan fingerprint density at radius 3 is 2.43 bits per heavy atom. The van der Waals surface area contributed by atoms with Crippen LogP contribution in [0.4, 0.5) is 0 Å². The fourth-order valence-electron chi connectivity index (χ4n) is 3.21. The number of likely N-dealkylation sites (tertiary alicyclic amines) is 1. The Bertz CT molecular complexity index is 740. The number of hydrogen-bond donors (Lipinski definition) is 2. The number of allylic oxidation sites excluding steroid dienone is 1. The summed E-state index contributed by atoms with van der Waals surface area (Å²) in [4.78, 5) is 34.0. The van der Waals surface area contributed by atoms with Gasteiger partial charge in [-0.05, 0) is 30.7 Å². The van der Waals surface area contributed by atoms with E-state index in [1.807, 2.05) is 49.1 Å². The molecule has 0 radical (unpaired) electrons. The van der Waals surface area contributed by atoms with Gasteiger partial charge in [0.05, 0.1) is 6.04 Å². The van der Waals surface area contributed by atoms with Gasteiger partial charge < -0.3 is 15.6 Å². The van der Waals surface area contributed by atoms with Gasteiger partial charge in [-0.1, -0.05) is 50.8 Å². The summed E-state index contributed by atoms with van der Waals surface area (Å²) in [6.07, 6.45) is 5.18. The molecule has 2 N–H and O–H groups in total. The Hall–Kier alpha value is -3.09. The quantitative estimate of drug-likeness (QED) is 0.408. The van der Waals surface area contributed by atoms with Crippen molar-refractivity contribution in [2.45, 2.75) is 39.2 Å². The molecule has 1 amide bonds. The third kappa shape index (κ3) is 7.39. The van der Waals surface area contributed by atoms with Crippen LogP contribution in [0, 0.1) is 11.3 Å². The lowest BCUT2D eigenvalue weighted by molar-refractivity contribution is -0.126. The Labute approximate surface area is 179 Å². The molecular formula is C23H33N5O2. The number of benzene rings is 1. The maximum Gasteiger partial charge on any atom is 0.223 e. The van der Waals surface area contributed by atoms with Crippen molar-refractivity contribution in [3.8, 4) is 0 Å². The van der Waals surface area contributed by atoms with Crippen molar-refractivity contribution in [1.29, 1.82) is 5.41 Å². The predicted octanol–water partition coefficient (Wildman–Crippen LogP) is 3.43. The van der Waals surface area contributed by atoms with Crippen molar-refractivity contribution >= 4 is 30.1 Å². The van der Waals surface area contributed by atoms with E-state index in [1.54, 1.807) is 7.05 Å². The normalized spacial score (nSPS) is 16.0. The molecule has 162 valence electrons. The SMILES string of the molecule is C=C/C(C=O)=N\C(=NC)N1CCC(C(=O)NC(CC=N)c2ccccc2)CC1.CC. The summed E-state index contributed by atoms with van der Waals surface area (Å²) in [6, 6.07) is 9.52. The molecule has 0 saturated carbocycles. The summed E-state index contributed by atoms with van der Waals surface area (Å²) in [5.74, 6) is 0.389. The van der Waals surface area contributed by atoms with E-state index >= 15 is 0 Å². The van der Waals surface area contributed by atoms with Gasteiger partial charge in [-0.3, -0.25) is 14.6 Å². The Morgan fingerprint density at radius 1 is 1.30 bits per heavy atom. The van der Waals surface area contributed by atoms with E-state index in [1.165, 1.54) is 12.3 Å². The lowest BCUT2D eigenvalue weighted by atomic mass is 9.94. The number of guanidine groups is 1. The molecule has 1 aromatic carbocycles. The molecule has 1 aliphatic rings. The maximum absolute atomic E-state index is 12.8. The predicted molar refractivity (Wildman–Crippen MR) is 123 cm³/mol. The van der Waals surface area contributed by atoms with E-state index in [9.17, 15) is 9.59 Å². The fraction of sp³-hybridized carbons (Fsp3) is 0.435. The third-order valence-corrected chi connectivity index (χ3v) is 4.78. The summed E-state index contributed by atoms with van der Waals surface area (Å²) in [5, 5.41) is 10.5. The van der Waals surface area contributed by atoms with Crippen LogP contribution < -0.4 is 5.32 Å². The highest BCUT2D eigenvalue weighted by molar-refractivity contribution is 6.35. The van der Waals surface area contributed by atoms with Gasteiger partial charge in [0.15, 0.2) is 6.29 Å². The zero-order chi connectivity index (χ0) is 22.4. The minimum absolute atomic E-state index is 0.00788. The number of rotatable bonds is 7.